The van der Waals surface area contributed by atoms with Gasteiger partial charge in [-0.1, -0.05) is 6.92 Å². The van der Waals surface area contributed by atoms with Gasteiger partial charge in [0.1, 0.15) is 0 Å². The fourth-order valence-electron chi connectivity index (χ4n) is 2.00. The summed E-state index contributed by atoms with van der Waals surface area (Å²) in [6.45, 7) is 5.08. The molecule has 0 saturated carbocycles. The Morgan fingerprint density at radius 3 is 2.94 bits per heavy atom. The first-order valence-corrected chi connectivity index (χ1v) is 6.16. The number of rotatable bonds is 3. The summed E-state index contributed by atoms with van der Waals surface area (Å²) in [7, 11) is 0. The number of carbonyl (C=O) groups is 1. The minimum atomic E-state index is -0.0447. The molecule has 0 spiro atoms. The van der Waals surface area contributed by atoms with Crippen molar-refractivity contribution in [2.45, 2.75) is 19.8 Å². The highest BCUT2D eigenvalue weighted by molar-refractivity contribution is 5.93. The van der Waals surface area contributed by atoms with E-state index in [-0.39, 0.29) is 5.91 Å². The summed E-state index contributed by atoms with van der Waals surface area (Å²) >= 11 is 0. The number of likely N-dealkylation sites (tertiary alicyclic amines) is 1. The molecule has 4 nitrogen and oxygen atoms in total. The standard InChI is InChI=1S/C13H19N3O/c1-11-4-7-16(8-5-11)10-15-13(17)12-3-2-6-14-9-12/h2-3,6,9,11H,4-5,7-8,10H2,1H3,(H,15,17). The molecule has 0 unspecified atom stereocenters. The third-order valence-electron chi connectivity index (χ3n) is 3.26. The van der Waals surface area contributed by atoms with Crippen LogP contribution in [0.15, 0.2) is 24.5 Å². The molecule has 1 saturated heterocycles. The molecule has 0 atom stereocenters. The van der Waals surface area contributed by atoms with Gasteiger partial charge in [-0.15, -0.1) is 0 Å². The molecule has 0 radical (unpaired) electrons. The monoisotopic (exact) mass is 233 g/mol. The number of piperidine rings is 1. The third-order valence-corrected chi connectivity index (χ3v) is 3.26. The van der Waals surface area contributed by atoms with Crippen LogP contribution in [-0.2, 0) is 0 Å². The van der Waals surface area contributed by atoms with Crippen LogP contribution in [0, 0.1) is 5.92 Å². The molecule has 4 heteroatoms. The maximum atomic E-state index is 11.8. The highest BCUT2D eigenvalue weighted by Crippen LogP contribution is 2.14. The summed E-state index contributed by atoms with van der Waals surface area (Å²) in [5.74, 6) is 0.775. The van der Waals surface area contributed by atoms with Gasteiger partial charge in [0, 0.05) is 25.5 Å². The van der Waals surface area contributed by atoms with Crippen LogP contribution in [0.4, 0.5) is 0 Å². The molecule has 0 bridgehead atoms. The van der Waals surface area contributed by atoms with E-state index < -0.39 is 0 Å². The van der Waals surface area contributed by atoms with Crippen LogP contribution in [0.3, 0.4) is 0 Å². The number of carbonyl (C=O) groups excluding carboxylic acids is 1. The van der Waals surface area contributed by atoms with Crippen LogP contribution < -0.4 is 5.32 Å². The van der Waals surface area contributed by atoms with Gasteiger partial charge in [0.2, 0.25) is 0 Å². The zero-order chi connectivity index (χ0) is 12.1. The lowest BCUT2D eigenvalue weighted by Gasteiger charge is -2.30. The average Bonchev–Trinajstić information content (AvgIpc) is 2.39. The molecule has 0 aromatic carbocycles. The smallest absolute Gasteiger partial charge is 0.253 e. The first kappa shape index (κ1) is 12.0. The molecule has 1 fully saturated rings. The summed E-state index contributed by atoms with van der Waals surface area (Å²) in [5.41, 5.74) is 0.623. The Bertz CT molecular complexity index is 358. The zero-order valence-corrected chi connectivity index (χ0v) is 10.2. The summed E-state index contributed by atoms with van der Waals surface area (Å²) < 4.78 is 0. The second kappa shape index (κ2) is 5.77. The van der Waals surface area contributed by atoms with E-state index in [0.717, 1.165) is 19.0 Å². The van der Waals surface area contributed by atoms with Crippen LogP contribution in [-0.4, -0.2) is 35.5 Å². The molecule has 1 aliphatic rings. The van der Waals surface area contributed by atoms with E-state index >= 15 is 0 Å². The van der Waals surface area contributed by atoms with Gasteiger partial charge in [-0.25, -0.2) is 0 Å². The van der Waals surface area contributed by atoms with Crippen molar-refractivity contribution in [1.29, 1.82) is 0 Å². The molecule has 17 heavy (non-hydrogen) atoms. The van der Waals surface area contributed by atoms with Crippen LogP contribution in [0.25, 0.3) is 0 Å². The van der Waals surface area contributed by atoms with E-state index in [4.69, 9.17) is 0 Å². The van der Waals surface area contributed by atoms with Gasteiger partial charge < -0.3 is 5.32 Å². The summed E-state index contributed by atoms with van der Waals surface area (Å²) in [5, 5.41) is 2.93. The molecular formula is C13H19N3O. The molecular weight excluding hydrogens is 214 g/mol. The number of nitrogens with one attached hydrogen (secondary N) is 1. The highest BCUT2D eigenvalue weighted by atomic mass is 16.1. The van der Waals surface area contributed by atoms with Crippen molar-refractivity contribution in [3.8, 4) is 0 Å². The molecule has 1 aromatic heterocycles. The molecule has 1 amide bonds. The Labute approximate surface area is 102 Å². The lowest BCUT2D eigenvalue weighted by molar-refractivity contribution is 0.0905. The van der Waals surface area contributed by atoms with Gasteiger partial charge in [0.15, 0.2) is 0 Å². The van der Waals surface area contributed by atoms with Gasteiger partial charge in [-0.2, -0.15) is 0 Å². The maximum absolute atomic E-state index is 11.8. The number of nitrogens with zero attached hydrogens (tertiary/aromatic N) is 2. The molecule has 2 rings (SSSR count). The van der Waals surface area contributed by atoms with Gasteiger partial charge >= 0.3 is 0 Å². The summed E-state index contributed by atoms with van der Waals surface area (Å²) in [4.78, 5) is 18.0. The van der Waals surface area contributed by atoms with Crippen LogP contribution in [0.5, 0.6) is 0 Å². The van der Waals surface area contributed by atoms with Crippen molar-refractivity contribution in [2.24, 2.45) is 5.92 Å². The molecule has 0 aliphatic carbocycles. The van der Waals surface area contributed by atoms with Crippen LogP contribution in [0.2, 0.25) is 0 Å². The van der Waals surface area contributed by atoms with Crippen LogP contribution >= 0.6 is 0 Å². The van der Waals surface area contributed by atoms with E-state index in [1.165, 1.54) is 12.8 Å². The topological polar surface area (TPSA) is 45.2 Å². The Morgan fingerprint density at radius 2 is 2.29 bits per heavy atom. The van der Waals surface area contributed by atoms with E-state index in [1.807, 2.05) is 0 Å². The second-order valence-corrected chi connectivity index (χ2v) is 4.71. The molecule has 1 aliphatic heterocycles. The van der Waals surface area contributed by atoms with Crippen molar-refractivity contribution in [3.63, 3.8) is 0 Å². The molecule has 1 N–H and O–H groups in total. The number of hydrogen-bond acceptors (Lipinski definition) is 3. The fraction of sp³-hybridized carbons (Fsp3) is 0.538. The van der Waals surface area contributed by atoms with E-state index in [2.05, 4.69) is 22.1 Å². The molecule has 2 heterocycles. The highest BCUT2D eigenvalue weighted by Gasteiger charge is 2.16. The summed E-state index contributed by atoms with van der Waals surface area (Å²) in [6, 6.07) is 3.55. The predicted molar refractivity (Wildman–Crippen MR) is 66.5 cm³/mol. The Morgan fingerprint density at radius 1 is 1.53 bits per heavy atom. The van der Waals surface area contributed by atoms with Crippen molar-refractivity contribution < 1.29 is 4.79 Å². The first-order chi connectivity index (χ1) is 8.25. The normalized spacial score (nSPS) is 17.9. The zero-order valence-electron chi connectivity index (χ0n) is 10.2. The second-order valence-electron chi connectivity index (χ2n) is 4.71. The van der Waals surface area contributed by atoms with Crippen molar-refractivity contribution in [2.75, 3.05) is 19.8 Å². The number of pyridine rings is 1. The average molecular weight is 233 g/mol. The fourth-order valence-corrected chi connectivity index (χ4v) is 2.00. The largest absolute Gasteiger partial charge is 0.339 e. The van der Waals surface area contributed by atoms with Crippen LogP contribution in [0.1, 0.15) is 30.1 Å². The van der Waals surface area contributed by atoms with E-state index in [0.29, 0.717) is 12.2 Å². The first-order valence-electron chi connectivity index (χ1n) is 6.16. The van der Waals surface area contributed by atoms with E-state index in [9.17, 15) is 4.79 Å². The van der Waals surface area contributed by atoms with Crippen molar-refractivity contribution in [1.82, 2.24) is 15.2 Å². The lowest BCUT2D eigenvalue weighted by atomic mass is 10.00. The number of hydrogen-bond donors (Lipinski definition) is 1. The minimum Gasteiger partial charge on any atom is -0.339 e. The SMILES string of the molecule is CC1CCN(CNC(=O)c2cccnc2)CC1. The summed E-state index contributed by atoms with van der Waals surface area (Å²) in [6.07, 6.45) is 5.71. The van der Waals surface area contributed by atoms with Crippen molar-refractivity contribution >= 4 is 5.91 Å². The number of aromatic nitrogens is 1. The third kappa shape index (κ3) is 3.53. The van der Waals surface area contributed by atoms with Gasteiger partial charge in [0.25, 0.3) is 5.91 Å². The molecule has 92 valence electrons. The lowest BCUT2D eigenvalue weighted by Crippen LogP contribution is -2.41. The Balaban J connectivity index is 1.77. The quantitative estimate of drug-likeness (QED) is 0.860. The number of amides is 1. The van der Waals surface area contributed by atoms with Gasteiger partial charge in [-0.3, -0.25) is 14.7 Å². The molecule has 1 aromatic rings. The van der Waals surface area contributed by atoms with Gasteiger partial charge in [-0.05, 0) is 30.9 Å². The van der Waals surface area contributed by atoms with Gasteiger partial charge in [0.05, 0.1) is 12.2 Å². The Kier molecular flexibility index (Phi) is 4.09. The minimum absolute atomic E-state index is 0.0447. The predicted octanol–water partition coefficient (Wildman–Crippen LogP) is 1.50. The van der Waals surface area contributed by atoms with E-state index in [1.54, 1.807) is 24.5 Å². The Hall–Kier alpha value is -1.42. The van der Waals surface area contributed by atoms with Crippen molar-refractivity contribution in [3.05, 3.63) is 30.1 Å². The maximum Gasteiger partial charge on any atom is 0.253 e.